The quantitative estimate of drug-likeness (QED) is 0.694. The Morgan fingerprint density at radius 1 is 1.71 bits per heavy atom. The Hall–Kier alpha value is -1.84. The van der Waals surface area contributed by atoms with E-state index in [2.05, 4.69) is 16.9 Å². The molecular formula is C10H12N2O2. The minimum atomic E-state index is -0.863. The molecule has 74 valence electrons. The summed E-state index contributed by atoms with van der Waals surface area (Å²) < 4.78 is 0. The molecule has 0 aliphatic heterocycles. The maximum Gasteiger partial charge on any atom is 0.305 e. The van der Waals surface area contributed by atoms with Gasteiger partial charge < -0.3 is 10.4 Å². The molecule has 0 spiro atoms. The first-order chi connectivity index (χ1) is 6.72. The Morgan fingerprint density at radius 2 is 2.50 bits per heavy atom. The second kappa shape index (κ2) is 5.01. The number of hydrogen-bond acceptors (Lipinski definition) is 3. The van der Waals surface area contributed by atoms with Crippen molar-refractivity contribution in [3.8, 4) is 0 Å². The van der Waals surface area contributed by atoms with E-state index in [0.717, 1.165) is 0 Å². The topological polar surface area (TPSA) is 62.2 Å². The van der Waals surface area contributed by atoms with E-state index in [1.54, 1.807) is 24.4 Å². The van der Waals surface area contributed by atoms with E-state index in [9.17, 15) is 4.79 Å². The van der Waals surface area contributed by atoms with Crippen LogP contribution in [0.5, 0.6) is 0 Å². The standard InChI is InChI=1S/C10H12N2O2/c1-2-8(7-10(13)14)12-9-5-3-4-6-11-9/h2-6,8H,1,7H2,(H,11,12)(H,13,14). The molecule has 1 heterocycles. The van der Waals surface area contributed by atoms with Gasteiger partial charge in [0.2, 0.25) is 0 Å². The smallest absolute Gasteiger partial charge is 0.305 e. The molecule has 0 aliphatic rings. The van der Waals surface area contributed by atoms with Gasteiger partial charge in [-0.3, -0.25) is 4.79 Å². The monoisotopic (exact) mass is 192 g/mol. The van der Waals surface area contributed by atoms with E-state index in [1.807, 2.05) is 6.07 Å². The summed E-state index contributed by atoms with van der Waals surface area (Å²) in [6.07, 6.45) is 3.20. The van der Waals surface area contributed by atoms with Crippen molar-refractivity contribution in [2.24, 2.45) is 0 Å². The Balaban J connectivity index is 2.57. The predicted octanol–water partition coefficient (Wildman–Crippen LogP) is 1.52. The van der Waals surface area contributed by atoms with Gasteiger partial charge in [0.05, 0.1) is 12.5 Å². The number of carboxylic acids is 1. The summed E-state index contributed by atoms with van der Waals surface area (Å²) in [5.74, 6) is -0.211. The van der Waals surface area contributed by atoms with Crippen LogP contribution in [0, 0.1) is 0 Å². The Bertz CT molecular complexity index is 311. The maximum absolute atomic E-state index is 10.5. The predicted molar refractivity (Wildman–Crippen MR) is 54.1 cm³/mol. The third-order valence-electron chi connectivity index (χ3n) is 1.68. The molecule has 4 heteroatoms. The molecule has 4 nitrogen and oxygen atoms in total. The minimum Gasteiger partial charge on any atom is -0.481 e. The number of aromatic nitrogens is 1. The lowest BCUT2D eigenvalue weighted by Crippen LogP contribution is -2.20. The van der Waals surface area contributed by atoms with Crippen LogP contribution in [0.25, 0.3) is 0 Å². The molecule has 1 unspecified atom stereocenters. The number of carbonyl (C=O) groups is 1. The highest BCUT2D eigenvalue weighted by Crippen LogP contribution is 2.05. The molecule has 0 bridgehead atoms. The largest absolute Gasteiger partial charge is 0.481 e. The molecule has 1 atom stereocenters. The molecule has 0 saturated heterocycles. The van der Waals surface area contributed by atoms with E-state index in [1.165, 1.54) is 0 Å². The van der Waals surface area contributed by atoms with Crippen LogP contribution in [-0.4, -0.2) is 22.1 Å². The van der Waals surface area contributed by atoms with Crippen molar-refractivity contribution >= 4 is 11.8 Å². The lowest BCUT2D eigenvalue weighted by atomic mass is 10.2. The fraction of sp³-hybridized carbons (Fsp3) is 0.200. The molecule has 1 rings (SSSR count). The summed E-state index contributed by atoms with van der Waals surface area (Å²) in [6, 6.07) is 5.11. The SMILES string of the molecule is C=CC(CC(=O)O)Nc1ccccn1. The number of pyridine rings is 1. The second-order valence-electron chi connectivity index (χ2n) is 2.80. The highest BCUT2D eigenvalue weighted by Gasteiger charge is 2.08. The number of anilines is 1. The van der Waals surface area contributed by atoms with Gasteiger partial charge >= 0.3 is 5.97 Å². The molecule has 1 aromatic rings. The van der Waals surface area contributed by atoms with Gasteiger partial charge in [0.1, 0.15) is 5.82 Å². The van der Waals surface area contributed by atoms with Gasteiger partial charge in [-0.15, -0.1) is 6.58 Å². The van der Waals surface area contributed by atoms with Crippen molar-refractivity contribution in [1.29, 1.82) is 0 Å². The average molecular weight is 192 g/mol. The fourth-order valence-corrected chi connectivity index (χ4v) is 1.02. The van der Waals surface area contributed by atoms with Crippen molar-refractivity contribution in [1.82, 2.24) is 4.98 Å². The second-order valence-corrected chi connectivity index (χ2v) is 2.80. The van der Waals surface area contributed by atoms with Crippen LogP contribution in [0.1, 0.15) is 6.42 Å². The number of nitrogens with zero attached hydrogens (tertiary/aromatic N) is 1. The number of rotatable bonds is 5. The molecule has 0 saturated carbocycles. The number of nitrogens with one attached hydrogen (secondary N) is 1. The van der Waals surface area contributed by atoms with Gasteiger partial charge in [-0.2, -0.15) is 0 Å². The molecule has 1 aromatic heterocycles. The normalized spacial score (nSPS) is 11.7. The zero-order chi connectivity index (χ0) is 10.4. The summed E-state index contributed by atoms with van der Waals surface area (Å²) in [4.78, 5) is 14.5. The molecule has 0 fully saturated rings. The Morgan fingerprint density at radius 3 is 3.00 bits per heavy atom. The molecule has 0 radical (unpaired) electrons. The summed E-state index contributed by atoms with van der Waals surface area (Å²) in [6.45, 7) is 3.56. The van der Waals surface area contributed by atoms with Crippen LogP contribution >= 0.6 is 0 Å². The zero-order valence-corrected chi connectivity index (χ0v) is 7.68. The van der Waals surface area contributed by atoms with Crippen LogP contribution < -0.4 is 5.32 Å². The van der Waals surface area contributed by atoms with Crippen molar-refractivity contribution in [3.63, 3.8) is 0 Å². The van der Waals surface area contributed by atoms with Gasteiger partial charge in [-0.1, -0.05) is 12.1 Å². The first-order valence-electron chi connectivity index (χ1n) is 4.24. The van der Waals surface area contributed by atoms with E-state index in [-0.39, 0.29) is 12.5 Å². The molecular weight excluding hydrogens is 180 g/mol. The maximum atomic E-state index is 10.5. The van der Waals surface area contributed by atoms with Crippen LogP contribution in [0.2, 0.25) is 0 Å². The summed E-state index contributed by atoms with van der Waals surface area (Å²) in [5.41, 5.74) is 0. The lowest BCUT2D eigenvalue weighted by Gasteiger charge is -2.12. The fourth-order valence-electron chi connectivity index (χ4n) is 1.02. The summed E-state index contributed by atoms with van der Waals surface area (Å²) in [5, 5.41) is 11.5. The third-order valence-corrected chi connectivity index (χ3v) is 1.68. The summed E-state index contributed by atoms with van der Waals surface area (Å²) >= 11 is 0. The number of hydrogen-bond donors (Lipinski definition) is 2. The van der Waals surface area contributed by atoms with Crippen LogP contribution in [0.3, 0.4) is 0 Å². The van der Waals surface area contributed by atoms with Gasteiger partial charge in [0, 0.05) is 6.20 Å². The highest BCUT2D eigenvalue weighted by molar-refractivity contribution is 5.68. The molecule has 0 aromatic carbocycles. The van der Waals surface area contributed by atoms with Gasteiger partial charge in [0.15, 0.2) is 0 Å². The Labute approximate surface area is 82.3 Å². The number of aliphatic carboxylic acids is 1. The zero-order valence-electron chi connectivity index (χ0n) is 7.68. The van der Waals surface area contributed by atoms with Crippen LogP contribution in [0.4, 0.5) is 5.82 Å². The molecule has 0 amide bonds. The van der Waals surface area contributed by atoms with E-state index in [4.69, 9.17) is 5.11 Å². The van der Waals surface area contributed by atoms with Crippen molar-refractivity contribution < 1.29 is 9.90 Å². The Kier molecular flexibility index (Phi) is 3.67. The van der Waals surface area contributed by atoms with Gasteiger partial charge in [-0.25, -0.2) is 4.98 Å². The first-order valence-corrected chi connectivity index (χ1v) is 4.24. The third kappa shape index (κ3) is 3.26. The van der Waals surface area contributed by atoms with Crippen molar-refractivity contribution in [3.05, 3.63) is 37.1 Å². The molecule has 14 heavy (non-hydrogen) atoms. The number of carboxylic acid groups (broad SMARTS) is 1. The van der Waals surface area contributed by atoms with Crippen molar-refractivity contribution in [2.75, 3.05) is 5.32 Å². The van der Waals surface area contributed by atoms with Crippen molar-refractivity contribution in [2.45, 2.75) is 12.5 Å². The first kappa shape index (κ1) is 10.2. The lowest BCUT2D eigenvalue weighted by molar-refractivity contribution is -0.137. The van der Waals surface area contributed by atoms with Crippen LogP contribution in [-0.2, 0) is 4.79 Å². The minimum absolute atomic E-state index is 0.0000737. The van der Waals surface area contributed by atoms with E-state index < -0.39 is 5.97 Å². The molecule has 2 N–H and O–H groups in total. The summed E-state index contributed by atoms with van der Waals surface area (Å²) in [7, 11) is 0. The van der Waals surface area contributed by atoms with Gasteiger partial charge in [-0.05, 0) is 12.1 Å². The highest BCUT2D eigenvalue weighted by atomic mass is 16.4. The molecule has 0 aliphatic carbocycles. The average Bonchev–Trinajstić information content (AvgIpc) is 2.17. The van der Waals surface area contributed by atoms with Crippen LogP contribution in [0.15, 0.2) is 37.1 Å². The van der Waals surface area contributed by atoms with E-state index in [0.29, 0.717) is 5.82 Å². The van der Waals surface area contributed by atoms with Gasteiger partial charge in [0.25, 0.3) is 0 Å². The van der Waals surface area contributed by atoms with E-state index >= 15 is 0 Å².